The van der Waals surface area contributed by atoms with Crippen LogP contribution in [-0.4, -0.2) is 37.4 Å². The van der Waals surface area contributed by atoms with Gasteiger partial charge in [-0.1, -0.05) is 17.8 Å². The Morgan fingerprint density at radius 3 is 2.90 bits per heavy atom. The highest BCUT2D eigenvalue weighted by Crippen LogP contribution is 2.36. The second-order valence-electron chi connectivity index (χ2n) is 4.64. The summed E-state index contributed by atoms with van der Waals surface area (Å²) in [4.78, 5) is 0. The molecule has 9 heteroatoms. The van der Waals surface area contributed by atoms with Crippen LogP contribution in [0.4, 0.5) is 4.39 Å². The van der Waals surface area contributed by atoms with E-state index in [1.807, 2.05) is 0 Å². The van der Waals surface area contributed by atoms with Crippen molar-refractivity contribution in [1.29, 1.82) is 0 Å². The molecule has 6 nitrogen and oxygen atoms in total. The first kappa shape index (κ1) is 13.5. The second-order valence-corrected chi connectivity index (χ2v) is 5.59. The van der Waals surface area contributed by atoms with Gasteiger partial charge in [0.15, 0.2) is 0 Å². The van der Waals surface area contributed by atoms with Crippen molar-refractivity contribution in [3.8, 4) is 0 Å². The van der Waals surface area contributed by atoms with Crippen LogP contribution in [0.2, 0.25) is 0 Å². The van der Waals surface area contributed by atoms with E-state index in [0.717, 1.165) is 18.9 Å². The van der Waals surface area contributed by atoms with E-state index in [4.69, 9.17) is 0 Å². The molecule has 1 fully saturated rings. The Labute approximate surface area is 119 Å². The zero-order valence-corrected chi connectivity index (χ0v) is 11.3. The molecule has 20 heavy (non-hydrogen) atoms. The molecule has 1 aliphatic rings. The van der Waals surface area contributed by atoms with E-state index in [1.165, 1.54) is 17.8 Å². The number of hydrogen-bond acceptors (Lipinski definition) is 6. The first-order valence-corrected chi connectivity index (χ1v) is 7.19. The minimum absolute atomic E-state index is 0.169. The van der Waals surface area contributed by atoms with Crippen LogP contribution in [0, 0.1) is 5.82 Å². The van der Waals surface area contributed by atoms with E-state index < -0.39 is 12.9 Å². The van der Waals surface area contributed by atoms with Gasteiger partial charge in [-0.25, -0.2) is 9.07 Å². The molecule has 0 saturated heterocycles. The molecule has 3 rings (SSSR count). The van der Waals surface area contributed by atoms with E-state index in [0.29, 0.717) is 22.5 Å². The number of nitrogens with zero attached hydrogens (tertiary/aromatic N) is 4. The molecule has 1 saturated carbocycles. The molecule has 0 radical (unpaired) electrons. The van der Waals surface area contributed by atoms with Gasteiger partial charge in [-0.15, -0.1) is 5.10 Å². The molecule has 1 heterocycles. The molecule has 2 aromatic rings. The Bertz CT molecular complexity index is 620. The monoisotopic (exact) mass is 294 g/mol. The van der Waals surface area contributed by atoms with Crippen LogP contribution in [0.1, 0.15) is 24.4 Å². The summed E-state index contributed by atoms with van der Waals surface area (Å²) in [6.45, 7) is 0. The topological polar surface area (TPSA) is 84.1 Å². The van der Waals surface area contributed by atoms with Crippen LogP contribution >= 0.6 is 11.8 Å². The third-order valence-corrected chi connectivity index (χ3v) is 4.08. The predicted molar refractivity (Wildman–Crippen MR) is 71.9 cm³/mol. The summed E-state index contributed by atoms with van der Waals surface area (Å²) >= 11 is 1.39. The molecule has 0 aliphatic heterocycles. The second kappa shape index (κ2) is 5.51. The highest BCUT2D eigenvalue weighted by molar-refractivity contribution is 7.98. The average molecular weight is 294 g/mol. The fraction of sp³-hybridized carbons (Fsp3) is 0.364. The molecule has 0 bridgehead atoms. The van der Waals surface area contributed by atoms with Crippen LogP contribution in [0.15, 0.2) is 23.4 Å². The van der Waals surface area contributed by atoms with Crippen molar-refractivity contribution in [2.24, 2.45) is 0 Å². The summed E-state index contributed by atoms with van der Waals surface area (Å²) in [5.41, 5.74) is 0.819. The standard InChI is InChI=1S/C11H12BFN4O2S/c13-8-2-1-7(10(5-8)12(18)19)6-20-11-14-15-16-17(11)9-3-4-9/h1-2,5,9,18-19H,3-4,6H2. The molecule has 2 N–H and O–H groups in total. The summed E-state index contributed by atoms with van der Waals surface area (Å²) in [7, 11) is -1.69. The van der Waals surface area contributed by atoms with Crippen molar-refractivity contribution in [3.63, 3.8) is 0 Å². The van der Waals surface area contributed by atoms with E-state index in [9.17, 15) is 14.4 Å². The number of benzene rings is 1. The van der Waals surface area contributed by atoms with E-state index in [1.54, 1.807) is 10.7 Å². The molecule has 0 amide bonds. The van der Waals surface area contributed by atoms with Gasteiger partial charge in [0, 0.05) is 5.75 Å². The number of thioether (sulfide) groups is 1. The summed E-state index contributed by atoms with van der Waals surface area (Å²) in [5.74, 6) is -0.0509. The summed E-state index contributed by atoms with van der Waals surface area (Å²) in [6.07, 6.45) is 2.16. The van der Waals surface area contributed by atoms with Gasteiger partial charge in [0.1, 0.15) is 5.82 Å². The maximum Gasteiger partial charge on any atom is 0.488 e. The molecule has 0 atom stereocenters. The molecular formula is C11H12BFN4O2S. The molecule has 1 aromatic carbocycles. The molecule has 0 spiro atoms. The predicted octanol–water partition coefficient (Wildman–Crippen LogP) is 0.119. The van der Waals surface area contributed by atoms with Gasteiger partial charge >= 0.3 is 7.12 Å². The zero-order valence-electron chi connectivity index (χ0n) is 10.5. The fourth-order valence-electron chi connectivity index (χ4n) is 1.91. The Morgan fingerprint density at radius 1 is 1.40 bits per heavy atom. The van der Waals surface area contributed by atoms with Gasteiger partial charge in [-0.2, -0.15) is 0 Å². The van der Waals surface area contributed by atoms with E-state index >= 15 is 0 Å². The maximum absolute atomic E-state index is 13.1. The lowest BCUT2D eigenvalue weighted by Crippen LogP contribution is -2.33. The molecule has 104 valence electrons. The lowest BCUT2D eigenvalue weighted by Gasteiger charge is -2.08. The Hall–Kier alpha value is -1.45. The van der Waals surface area contributed by atoms with Gasteiger partial charge in [0.05, 0.1) is 6.04 Å². The van der Waals surface area contributed by atoms with Crippen molar-refractivity contribution < 1.29 is 14.4 Å². The van der Waals surface area contributed by atoms with Crippen LogP contribution < -0.4 is 5.46 Å². The van der Waals surface area contributed by atoms with E-state index in [2.05, 4.69) is 15.5 Å². The first-order chi connectivity index (χ1) is 9.65. The van der Waals surface area contributed by atoms with Gasteiger partial charge in [0.25, 0.3) is 0 Å². The van der Waals surface area contributed by atoms with Gasteiger partial charge in [-0.05, 0) is 46.4 Å². The summed E-state index contributed by atoms with van der Waals surface area (Å²) < 4.78 is 14.9. The number of aromatic nitrogens is 4. The van der Waals surface area contributed by atoms with Gasteiger partial charge in [-0.3, -0.25) is 0 Å². The van der Waals surface area contributed by atoms with Crippen molar-refractivity contribution in [2.75, 3.05) is 0 Å². The Balaban J connectivity index is 1.76. The highest BCUT2D eigenvalue weighted by atomic mass is 32.2. The summed E-state index contributed by atoms with van der Waals surface area (Å²) in [5, 5.41) is 30.8. The number of halogens is 1. The lowest BCUT2D eigenvalue weighted by molar-refractivity contribution is 0.425. The number of tetrazole rings is 1. The third kappa shape index (κ3) is 2.84. The highest BCUT2D eigenvalue weighted by Gasteiger charge is 2.28. The van der Waals surface area contributed by atoms with E-state index in [-0.39, 0.29) is 5.46 Å². The average Bonchev–Trinajstić information content (AvgIpc) is 3.16. The van der Waals surface area contributed by atoms with Crippen molar-refractivity contribution in [3.05, 3.63) is 29.6 Å². The van der Waals surface area contributed by atoms with Crippen molar-refractivity contribution in [2.45, 2.75) is 29.8 Å². The molecule has 0 unspecified atom stereocenters. The van der Waals surface area contributed by atoms with Gasteiger partial charge < -0.3 is 10.0 Å². The SMILES string of the molecule is OB(O)c1cc(F)ccc1CSc1nnnn1C1CC1. The van der Waals surface area contributed by atoms with Crippen molar-refractivity contribution in [1.82, 2.24) is 20.2 Å². The maximum atomic E-state index is 13.1. The fourth-order valence-corrected chi connectivity index (χ4v) is 2.87. The molecular weight excluding hydrogens is 282 g/mol. The normalized spacial score (nSPS) is 14.6. The largest absolute Gasteiger partial charge is 0.488 e. The lowest BCUT2D eigenvalue weighted by atomic mass is 9.77. The van der Waals surface area contributed by atoms with Gasteiger partial charge in [0.2, 0.25) is 5.16 Å². The first-order valence-electron chi connectivity index (χ1n) is 6.20. The van der Waals surface area contributed by atoms with Crippen LogP contribution in [0.3, 0.4) is 0 Å². The summed E-state index contributed by atoms with van der Waals surface area (Å²) in [6, 6.07) is 4.35. The smallest absolute Gasteiger partial charge is 0.423 e. The Morgan fingerprint density at radius 2 is 2.20 bits per heavy atom. The number of hydrogen-bond donors (Lipinski definition) is 2. The minimum atomic E-state index is -1.69. The van der Waals surface area contributed by atoms with Crippen LogP contribution in [0.25, 0.3) is 0 Å². The molecule has 1 aromatic heterocycles. The van der Waals surface area contributed by atoms with Crippen LogP contribution in [-0.2, 0) is 5.75 Å². The number of rotatable bonds is 5. The quantitative estimate of drug-likeness (QED) is 0.602. The zero-order chi connectivity index (χ0) is 14.1. The minimum Gasteiger partial charge on any atom is -0.423 e. The Kier molecular flexibility index (Phi) is 3.73. The third-order valence-electron chi connectivity index (χ3n) is 3.10. The van der Waals surface area contributed by atoms with Crippen LogP contribution in [0.5, 0.6) is 0 Å². The molecule has 1 aliphatic carbocycles. The van der Waals surface area contributed by atoms with Crippen molar-refractivity contribution >= 4 is 24.3 Å².